The van der Waals surface area contributed by atoms with E-state index in [1.807, 2.05) is 23.9 Å². The molecule has 0 aliphatic carbocycles. The molecule has 0 radical (unpaired) electrons. The number of nitrogen functional groups attached to an aromatic ring is 1. The van der Waals surface area contributed by atoms with E-state index < -0.39 is 0 Å². The van der Waals surface area contributed by atoms with E-state index in [-0.39, 0.29) is 0 Å². The molecule has 2 rings (SSSR count). The van der Waals surface area contributed by atoms with Crippen LogP contribution in [0.25, 0.3) is 0 Å². The van der Waals surface area contributed by atoms with E-state index >= 15 is 0 Å². The number of hydrogen-bond acceptors (Lipinski definition) is 3. The highest BCUT2D eigenvalue weighted by molar-refractivity contribution is 9.10. The van der Waals surface area contributed by atoms with Gasteiger partial charge < -0.3 is 10.5 Å². The molecule has 4 heteroatoms. The lowest BCUT2D eigenvalue weighted by molar-refractivity contribution is 0.101. The topological polar surface area (TPSA) is 35.2 Å². The largest absolute Gasteiger partial charge is 0.398 e. The molecule has 2 N–H and O–H groups in total. The van der Waals surface area contributed by atoms with E-state index in [1.54, 1.807) is 0 Å². The number of rotatable bonds is 2. The summed E-state index contributed by atoms with van der Waals surface area (Å²) in [6.45, 7) is 1.76. The van der Waals surface area contributed by atoms with Gasteiger partial charge in [-0.2, -0.15) is 0 Å². The zero-order valence-corrected chi connectivity index (χ0v) is 10.8. The van der Waals surface area contributed by atoms with E-state index in [4.69, 9.17) is 10.5 Å². The standard InChI is InChI=1S/C11H14BrNOS/c12-8-3-4-11(10(13)6-8)15-9-2-1-5-14-7-9/h3-4,6,9H,1-2,5,7,13H2. The average molecular weight is 288 g/mol. The Morgan fingerprint density at radius 1 is 1.47 bits per heavy atom. The van der Waals surface area contributed by atoms with Gasteiger partial charge >= 0.3 is 0 Å². The SMILES string of the molecule is Nc1cc(Br)ccc1SC1CCCOC1. The van der Waals surface area contributed by atoms with Crippen LogP contribution in [0, 0.1) is 0 Å². The molecule has 0 saturated carbocycles. The Bertz CT molecular complexity index is 339. The maximum absolute atomic E-state index is 5.95. The molecular weight excluding hydrogens is 274 g/mol. The normalized spacial score (nSPS) is 21.5. The highest BCUT2D eigenvalue weighted by atomic mass is 79.9. The molecule has 1 aromatic rings. The van der Waals surface area contributed by atoms with Crippen LogP contribution >= 0.6 is 27.7 Å². The Morgan fingerprint density at radius 2 is 2.33 bits per heavy atom. The molecule has 0 spiro atoms. The molecule has 1 aliphatic rings. The average Bonchev–Trinajstić information content (AvgIpc) is 2.24. The fourth-order valence-electron chi connectivity index (χ4n) is 1.61. The number of benzene rings is 1. The number of hydrogen-bond donors (Lipinski definition) is 1. The van der Waals surface area contributed by atoms with Crippen molar-refractivity contribution in [1.82, 2.24) is 0 Å². The van der Waals surface area contributed by atoms with Gasteiger partial charge in [-0.25, -0.2) is 0 Å². The quantitative estimate of drug-likeness (QED) is 0.848. The first-order valence-electron chi connectivity index (χ1n) is 5.05. The van der Waals surface area contributed by atoms with Gasteiger partial charge in [0.05, 0.1) is 6.61 Å². The summed E-state index contributed by atoms with van der Waals surface area (Å²) in [6.07, 6.45) is 2.38. The third-order valence-electron chi connectivity index (χ3n) is 2.38. The molecule has 1 heterocycles. The third kappa shape index (κ3) is 3.13. The van der Waals surface area contributed by atoms with E-state index in [0.717, 1.165) is 34.7 Å². The van der Waals surface area contributed by atoms with Crippen molar-refractivity contribution < 1.29 is 4.74 Å². The molecule has 1 atom stereocenters. The zero-order chi connectivity index (χ0) is 10.7. The Labute approximate surface area is 103 Å². The predicted octanol–water partition coefficient (Wildman–Crippen LogP) is 3.30. The lowest BCUT2D eigenvalue weighted by Crippen LogP contribution is -2.19. The summed E-state index contributed by atoms with van der Waals surface area (Å²) in [5.41, 5.74) is 6.79. The molecule has 15 heavy (non-hydrogen) atoms. The number of nitrogens with two attached hydrogens (primary N) is 1. The zero-order valence-electron chi connectivity index (χ0n) is 8.41. The van der Waals surface area contributed by atoms with Gasteiger partial charge in [-0.3, -0.25) is 0 Å². The van der Waals surface area contributed by atoms with Crippen LogP contribution in [0.15, 0.2) is 27.6 Å². The summed E-state index contributed by atoms with van der Waals surface area (Å²) >= 11 is 5.24. The van der Waals surface area contributed by atoms with Crippen molar-refractivity contribution >= 4 is 33.4 Å². The van der Waals surface area contributed by atoms with E-state index in [9.17, 15) is 0 Å². The second-order valence-corrected chi connectivity index (χ2v) is 5.90. The molecule has 2 nitrogen and oxygen atoms in total. The molecular formula is C11H14BrNOS. The minimum Gasteiger partial charge on any atom is -0.398 e. The van der Waals surface area contributed by atoms with Gasteiger partial charge in [0.2, 0.25) is 0 Å². The van der Waals surface area contributed by atoms with Gasteiger partial charge in [-0.05, 0) is 31.0 Å². The van der Waals surface area contributed by atoms with Crippen molar-refractivity contribution in [1.29, 1.82) is 0 Å². The summed E-state index contributed by atoms with van der Waals surface area (Å²) < 4.78 is 6.48. The van der Waals surface area contributed by atoms with Crippen molar-refractivity contribution in [3.8, 4) is 0 Å². The Balaban J connectivity index is 2.03. The highest BCUT2D eigenvalue weighted by Gasteiger charge is 2.16. The van der Waals surface area contributed by atoms with Crippen LogP contribution in [0.1, 0.15) is 12.8 Å². The second-order valence-electron chi connectivity index (χ2n) is 3.64. The van der Waals surface area contributed by atoms with Crippen molar-refractivity contribution in [2.45, 2.75) is 23.0 Å². The van der Waals surface area contributed by atoms with Gasteiger partial charge in [-0.15, -0.1) is 11.8 Å². The molecule has 1 aliphatic heterocycles. The number of halogens is 1. The Kier molecular flexibility index (Phi) is 3.94. The lowest BCUT2D eigenvalue weighted by atomic mass is 10.2. The molecule has 1 unspecified atom stereocenters. The first kappa shape index (κ1) is 11.3. The predicted molar refractivity (Wildman–Crippen MR) is 68.3 cm³/mol. The summed E-state index contributed by atoms with van der Waals surface area (Å²) in [4.78, 5) is 1.16. The molecule has 1 saturated heterocycles. The van der Waals surface area contributed by atoms with E-state index in [2.05, 4.69) is 22.0 Å². The first-order chi connectivity index (χ1) is 7.25. The van der Waals surface area contributed by atoms with Crippen LogP contribution in [0.3, 0.4) is 0 Å². The minimum absolute atomic E-state index is 0.558. The Morgan fingerprint density at radius 3 is 3.00 bits per heavy atom. The van der Waals surface area contributed by atoms with Crippen LogP contribution in [-0.4, -0.2) is 18.5 Å². The number of anilines is 1. The molecule has 0 amide bonds. The third-order valence-corrected chi connectivity index (χ3v) is 4.21. The fourth-order valence-corrected chi connectivity index (χ4v) is 3.14. The van der Waals surface area contributed by atoms with Crippen molar-refractivity contribution in [3.05, 3.63) is 22.7 Å². The summed E-state index contributed by atoms with van der Waals surface area (Å²) in [6, 6.07) is 6.05. The molecule has 0 aromatic heterocycles. The molecule has 1 fully saturated rings. The van der Waals surface area contributed by atoms with Crippen LogP contribution in [-0.2, 0) is 4.74 Å². The van der Waals surface area contributed by atoms with Gasteiger partial charge in [0.15, 0.2) is 0 Å². The number of ether oxygens (including phenoxy) is 1. The van der Waals surface area contributed by atoms with Crippen molar-refractivity contribution in [3.63, 3.8) is 0 Å². The van der Waals surface area contributed by atoms with Crippen molar-refractivity contribution in [2.24, 2.45) is 0 Å². The molecule has 0 bridgehead atoms. The smallest absolute Gasteiger partial charge is 0.0588 e. The van der Waals surface area contributed by atoms with Crippen LogP contribution in [0.5, 0.6) is 0 Å². The van der Waals surface area contributed by atoms with Gasteiger partial charge in [0, 0.05) is 26.9 Å². The monoisotopic (exact) mass is 287 g/mol. The summed E-state index contributed by atoms with van der Waals surface area (Å²) in [7, 11) is 0. The van der Waals surface area contributed by atoms with Crippen LogP contribution in [0.2, 0.25) is 0 Å². The Hall–Kier alpha value is -0.190. The maximum atomic E-state index is 5.95. The minimum atomic E-state index is 0.558. The molecule has 82 valence electrons. The summed E-state index contributed by atoms with van der Waals surface area (Å²) in [5.74, 6) is 0. The van der Waals surface area contributed by atoms with Gasteiger partial charge in [0.25, 0.3) is 0 Å². The first-order valence-corrected chi connectivity index (χ1v) is 6.72. The van der Waals surface area contributed by atoms with Crippen LogP contribution < -0.4 is 5.73 Å². The van der Waals surface area contributed by atoms with Crippen LogP contribution in [0.4, 0.5) is 5.69 Å². The fraction of sp³-hybridized carbons (Fsp3) is 0.455. The molecule has 1 aromatic carbocycles. The maximum Gasteiger partial charge on any atom is 0.0588 e. The van der Waals surface area contributed by atoms with Crippen molar-refractivity contribution in [2.75, 3.05) is 18.9 Å². The van der Waals surface area contributed by atoms with Gasteiger partial charge in [-0.1, -0.05) is 15.9 Å². The highest BCUT2D eigenvalue weighted by Crippen LogP contribution is 2.33. The lowest BCUT2D eigenvalue weighted by Gasteiger charge is -2.22. The second kappa shape index (κ2) is 5.23. The summed E-state index contributed by atoms with van der Waals surface area (Å²) in [5, 5.41) is 0.558. The number of thioether (sulfide) groups is 1. The van der Waals surface area contributed by atoms with Gasteiger partial charge in [0.1, 0.15) is 0 Å². The van der Waals surface area contributed by atoms with E-state index in [0.29, 0.717) is 5.25 Å². The van der Waals surface area contributed by atoms with E-state index in [1.165, 1.54) is 6.42 Å².